The molecule has 3 aromatic rings. The molecule has 4 nitrogen and oxygen atoms in total. The molecule has 1 aliphatic rings. The van der Waals surface area contributed by atoms with Crippen LogP contribution in [0, 0.1) is 0 Å². The Hall–Kier alpha value is -2.47. The number of hydrogen-bond acceptors (Lipinski definition) is 3. The van der Waals surface area contributed by atoms with Crippen molar-refractivity contribution in [2.45, 2.75) is 31.0 Å². The van der Waals surface area contributed by atoms with Crippen molar-refractivity contribution in [3.05, 3.63) is 108 Å². The van der Waals surface area contributed by atoms with Crippen LogP contribution in [0.3, 0.4) is 0 Å². The highest BCUT2D eigenvalue weighted by molar-refractivity contribution is 7.88. The van der Waals surface area contributed by atoms with Gasteiger partial charge >= 0.3 is 0 Å². The summed E-state index contributed by atoms with van der Waals surface area (Å²) in [5, 5.41) is 0. The monoisotopic (exact) mass is 420 g/mol. The van der Waals surface area contributed by atoms with Crippen LogP contribution in [-0.4, -0.2) is 32.2 Å². The summed E-state index contributed by atoms with van der Waals surface area (Å²) >= 11 is 0. The first kappa shape index (κ1) is 20.8. The summed E-state index contributed by atoms with van der Waals surface area (Å²) in [5.41, 5.74) is 2.30. The normalized spacial score (nSPS) is 17.8. The maximum absolute atomic E-state index is 12.7. The highest BCUT2D eigenvalue weighted by Gasteiger charge is 2.48. The van der Waals surface area contributed by atoms with Crippen molar-refractivity contribution in [2.75, 3.05) is 12.8 Å². The third-order valence-electron chi connectivity index (χ3n) is 5.90. The molecule has 1 saturated heterocycles. The van der Waals surface area contributed by atoms with Crippen molar-refractivity contribution in [2.24, 2.45) is 0 Å². The average Bonchev–Trinajstić information content (AvgIpc) is 3.22. The molecule has 156 valence electrons. The Balaban J connectivity index is 1.87. The van der Waals surface area contributed by atoms with E-state index in [-0.39, 0.29) is 6.04 Å². The van der Waals surface area contributed by atoms with E-state index in [0.717, 1.165) is 37.1 Å². The summed E-state index contributed by atoms with van der Waals surface area (Å²) in [4.78, 5) is 2.42. The van der Waals surface area contributed by atoms with Crippen molar-refractivity contribution >= 4 is 10.0 Å². The molecule has 0 unspecified atom stereocenters. The van der Waals surface area contributed by atoms with E-state index >= 15 is 0 Å². The Morgan fingerprint density at radius 2 is 1.37 bits per heavy atom. The van der Waals surface area contributed by atoms with Gasteiger partial charge in [-0.1, -0.05) is 91.0 Å². The molecule has 4 rings (SSSR count). The predicted octanol–water partition coefficient (Wildman–Crippen LogP) is 4.14. The van der Waals surface area contributed by atoms with Gasteiger partial charge in [0.25, 0.3) is 0 Å². The maximum Gasteiger partial charge on any atom is 0.209 e. The molecule has 5 heteroatoms. The molecular weight excluding hydrogens is 392 g/mol. The molecule has 1 fully saturated rings. The second kappa shape index (κ2) is 8.72. The van der Waals surface area contributed by atoms with Crippen molar-refractivity contribution in [1.82, 2.24) is 9.62 Å². The second-order valence-electron chi connectivity index (χ2n) is 8.03. The zero-order valence-electron chi connectivity index (χ0n) is 17.2. The minimum atomic E-state index is -3.49. The summed E-state index contributed by atoms with van der Waals surface area (Å²) in [6.45, 7) is 1.73. The average molecular weight is 421 g/mol. The van der Waals surface area contributed by atoms with Crippen LogP contribution in [0.1, 0.15) is 29.5 Å². The number of nitrogens with one attached hydrogen (secondary N) is 1. The van der Waals surface area contributed by atoms with Gasteiger partial charge < -0.3 is 0 Å². The Labute approximate surface area is 179 Å². The van der Waals surface area contributed by atoms with Crippen LogP contribution in [0.4, 0.5) is 0 Å². The van der Waals surface area contributed by atoms with Gasteiger partial charge in [-0.3, -0.25) is 4.90 Å². The Bertz CT molecular complexity index is 1010. The van der Waals surface area contributed by atoms with Gasteiger partial charge in [0.2, 0.25) is 10.0 Å². The van der Waals surface area contributed by atoms with E-state index in [2.05, 4.69) is 33.9 Å². The number of sulfonamides is 1. The summed E-state index contributed by atoms with van der Waals surface area (Å²) < 4.78 is 28.5. The largest absolute Gasteiger partial charge is 0.294 e. The lowest BCUT2D eigenvalue weighted by Gasteiger charge is -2.44. The number of likely N-dealkylation sites (tertiary alicyclic amines) is 1. The van der Waals surface area contributed by atoms with Crippen LogP contribution in [-0.2, 0) is 22.1 Å². The van der Waals surface area contributed by atoms with E-state index in [9.17, 15) is 8.42 Å². The van der Waals surface area contributed by atoms with E-state index in [1.807, 2.05) is 66.7 Å². The third kappa shape index (κ3) is 4.33. The fourth-order valence-electron chi connectivity index (χ4n) is 4.76. The molecule has 0 radical (unpaired) electrons. The van der Waals surface area contributed by atoms with Crippen molar-refractivity contribution < 1.29 is 8.42 Å². The highest BCUT2D eigenvalue weighted by Crippen LogP contribution is 2.41. The molecule has 0 aromatic heterocycles. The van der Waals surface area contributed by atoms with E-state index in [1.165, 1.54) is 11.8 Å². The fraction of sp³-hybridized carbons (Fsp3) is 0.280. The van der Waals surface area contributed by atoms with Crippen molar-refractivity contribution in [1.29, 1.82) is 0 Å². The quantitative estimate of drug-likeness (QED) is 0.625. The van der Waals surface area contributed by atoms with Gasteiger partial charge in [0.1, 0.15) is 0 Å². The van der Waals surface area contributed by atoms with Crippen LogP contribution in [0.25, 0.3) is 0 Å². The highest BCUT2D eigenvalue weighted by atomic mass is 32.2. The number of hydrogen-bond donors (Lipinski definition) is 1. The van der Waals surface area contributed by atoms with Crippen LogP contribution < -0.4 is 4.72 Å². The molecular formula is C25H28N2O2S. The van der Waals surface area contributed by atoms with Crippen LogP contribution in [0.5, 0.6) is 0 Å². The molecule has 0 saturated carbocycles. The van der Waals surface area contributed by atoms with Gasteiger partial charge in [-0.2, -0.15) is 4.72 Å². The molecule has 0 bridgehead atoms. The molecule has 1 heterocycles. The number of benzene rings is 3. The fourth-order valence-corrected chi connectivity index (χ4v) is 5.71. The van der Waals surface area contributed by atoms with Crippen LogP contribution >= 0.6 is 0 Å². The first-order chi connectivity index (χ1) is 14.5. The molecule has 30 heavy (non-hydrogen) atoms. The topological polar surface area (TPSA) is 49.4 Å². The van der Waals surface area contributed by atoms with Crippen molar-refractivity contribution in [3.8, 4) is 0 Å². The Kier molecular flexibility index (Phi) is 6.04. The molecule has 1 aliphatic heterocycles. The zero-order valence-corrected chi connectivity index (χ0v) is 18.1. The smallest absolute Gasteiger partial charge is 0.209 e. The van der Waals surface area contributed by atoms with Gasteiger partial charge in [0.05, 0.1) is 11.8 Å². The molecule has 0 aliphatic carbocycles. The lowest BCUT2D eigenvalue weighted by molar-refractivity contribution is 0.166. The molecule has 1 atom stereocenters. The lowest BCUT2D eigenvalue weighted by Crippen LogP contribution is -2.58. The van der Waals surface area contributed by atoms with Crippen molar-refractivity contribution in [3.63, 3.8) is 0 Å². The molecule has 1 N–H and O–H groups in total. The minimum absolute atomic E-state index is 0.00256. The predicted molar refractivity (Wildman–Crippen MR) is 122 cm³/mol. The second-order valence-corrected chi connectivity index (χ2v) is 9.78. The van der Waals surface area contributed by atoms with Gasteiger partial charge in [0, 0.05) is 12.6 Å². The van der Waals surface area contributed by atoms with E-state index in [4.69, 9.17) is 0 Å². The first-order valence-corrected chi connectivity index (χ1v) is 12.3. The van der Waals surface area contributed by atoms with Crippen LogP contribution in [0.2, 0.25) is 0 Å². The molecule has 3 aromatic carbocycles. The molecule has 0 amide bonds. The summed E-state index contributed by atoms with van der Waals surface area (Å²) in [6.07, 6.45) is 3.20. The number of rotatable bonds is 7. The SMILES string of the molecule is CS(=O)(=O)NC(c1ccccc1)(c1ccccc1)[C@@H]1CCCN1Cc1ccccc1. The minimum Gasteiger partial charge on any atom is -0.294 e. The van der Waals surface area contributed by atoms with Gasteiger partial charge in [-0.15, -0.1) is 0 Å². The standard InChI is InChI=1S/C25H28N2O2S/c1-30(28,29)26-25(22-14-7-3-8-15-22,23-16-9-4-10-17-23)24-18-11-19-27(24)20-21-12-5-2-6-13-21/h2-10,12-17,24,26H,11,18-20H2,1H3/t24-/m0/s1. The first-order valence-electron chi connectivity index (χ1n) is 10.4. The third-order valence-corrected chi connectivity index (χ3v) is 6.59. The lowest BCUT2D eigenvalue weighted by atomic mass is 9.76. The summed E-state index contributed by atoms with van der Waals surface area (Å²) in [7, 11) is -3.49. The Morgan fingerprint density at radius 3 is 1.87 bits per heavy atom. The zero-order chi connectivity index (χ0) is 21.0. The van der Waals surface area contributed by atoms with Gasteiger partial charge in [-0.05, 0) is 36.1 Å². The van der Waals surface area contributed by atoms with Gasteiger partial charge in [0.15, 0.2) is 0 Å². The maximum atomic E-state index is 12.7. The van der Waals surface area contributed by atoms with E-state index in [0.29, 0.717) is 0 Å². The Morgan fingerprint density at radius 1 is 0.867 bits per heavy atom. The summed E-state index contributed by atoms with van der Waals surface area (Å²) in [6, 6.07) is 30.4. The van der Waals surface area contributed by atoms with Crippen LogP contribution in [0.15, 0.2) is 91.0 Å². The summed E-state index contributed by atoms with van der Waals surface area (Å²) in [5.74, 6) is 0. The van der Waals surface area contributed by atoms with E-state index < -0.39 is 15.6 Å². The molecule has 0 spiro atoms. The van der Waals surface area contributed by atoms with E-state index in [1.54, 1.807) is 0 Å². The van der Waals surface area contributed by atoms with Gasteiger partial charge in [-0.25, -0.2) is 8.42 Å². The number of nitrogens with zero attached hydrogens (tertiary/aromatic N) is 1.